The summed E-state index contributed by atoms with van der Waals surface area (Å²) in [5, 5.41) is 12.4. The molecule has 10 heteroatoms. The second-order valence-electron chi connectivity index (χ2n) is 13.8. The van der Waals surface area contributed by atoms with Gasteiger partial charge in [0, 0.05) is 5.92 Å². The minimum atomic E-state index is -2.19. The molecule has 0 amide bonds. The van der Waals surface area contributed by atoms with Gasteiger partial charge in [0.2, 0.25) is 5.79 Å². The number of aliphatic hydroxyl groups is 1. The van der Waals surface area contributed by atoms with Crippen LogP contribution in [0.25, 0.3) is 0 Å². The number of hydrogen-bond acceptors (Lipinski definition) is 10. The van der Waals surface area contributed by atoms with Crippen molar-refractivity contribution in [3.8, 4) is 0 Å². The second-order valence-corrected chi connectivity index (χ2v) is 13.8. The molecule has 9 aliphatic rings. The van der Waals surface area contributed by atoms with Crippen molar-refractivity contribution >= 4 is 23.5 Å². The summed E-state index contributed by atoms with van der Waals surface area (Å²) in [4.78, 5) is 55.6. The largest absolute Gasteiger partial charge is 0.458 e. The predicted octanol–water partition coefficient (Wildman–Crippen LogP) is 0.768. The maximum Gasteiger partial charge on any atom is 0.342 e. The third-order valence-electron chi connectivity index (χ3n) is 12.9. The molecule has 0 aromatic heterocycles. The van der Waals surface area contributed by atoms with E-state index in [2.05, 4.69) is 0 Å². The molecule has 0 radical (unpaired) electrons. The lowest BCUT2D eigenvalue weighted by molar-refractivity contribution is -0.375. The van der Waals surface area contributed by atoms with Crippen LogP contribution in [0.3, 0.4) is 0 Å². The maximum absolute atomic E-state index is 14.9. The van der Waals surface area contributed by atoms with Gasteiger partial charge in [0.05, 0.1) is 30.0 Å². The Hall–Kier alpha value is -2.14. The molecule has 3 unspecified atom stereocenters. The van der Waals surface area contributed by atoms with E-state index in [1.165, 1.54) is 0 Å². The van der Waals surface area contributed by atoms with Gasteiger partial charge in [0.25, 0.3) is 0 Å². The fraction of sp³-hybridized carbons (Fsp3) is 0.786. The highest BCUT2D eigenvalue weighted by Crippen LogP contribution is 2.77. The molecule has 0 aromatic carbocycles. The van der Waals surface area contributed by atoms with Gasteiger partial charge in [0.15, 0.2) is 28.4 Å². The Balaban J connectivity index is 1.34. The minimum absolute atomic E-state index is 0.0583. The molecule has 1 N–H and O–H groups in total. The molecule has 6 saturated heterocycles. The van der Waals surface area contributed by atoms with E-state index in [-0.39, 0.29) is 43.5 Å². The van der Waals surface area contributed by atoms with Crippen LogP contribution in [0.15, 0.2) is 12.2 Å². The van der Waals surface area contributed by atoms with Crippen LogP contribution in [-0.4, -0.2) is 75.6 Å². The highest BCUT2D eigenvalue weighted by molar-refractivity contribution is 6.00. The number of rotatable bonds is 0. The number of Topliss-reactive ketones (excluding diaryl/α,β-unsaturated/α-hetero) is 1. The number of allylic oxidation sites excluding steroid dienone is 1. The third-order valence-corrected chi connectivity index (χ3v) is 12.9. The van der Waals surface area contributed by atoms with E-state index < -0.39 is 80.7 Å². The quantitative estimate of drug-likeness (QED) is 0.356. The molecule has 5 bridgehead atoms. The average molecular weight is 527 g/mol. The summed E-state index contributed by atoms with van der Waals surface area (Å²) in [7, 11) is 0. The van der Waals surface area contributed by atoms with E-state index in [9.17, 15) is 24.3 Å². The first-order valence-electron chi connectivity index (χ1n) is 13.8. The SMILES string of the molecule is C[C@@]12C[C@H]3OC(=O)[C@@H]1COC14O[C@]5([C@H]2C1=O)[C@@](O)(CC[C@H]1[C@H]4CC2OC24CC=CC(=O)[C@]14C)C(=O)O[C@@]35C. The molecule has 202 valence electrons. The van der Waals surface area contributed by atoms with Crippen LogP contribution in [0.4, 0.5) is 0 Å². The van der Waals surface area contributed by atoms with E-state index in [0.29, 0.717) is 12.8 Å². The average Bonchev–Trinajstić information content (AvgIpc) is 3.45. The third kappa shape index (κ3) is 1.79. The van der Waals surface area contributed by atoms with E-state index >= 15 is 0 Å². The number of ether oxygens (including phenoxy) is 5. The molecular weight excluding hydrogens is 496 g/mol. The van der Waals surface area contributed by atoms with Gasteiger partial charge >= 0.3 is 11.9 Å². The Morgan fingerprint density at radius 3 is 2.63 bits per heavy atom. The summed E-state index contributed by atoms with van der Waals surface area (Å²) in [6, 6.07) is 0. The number of carbonyl (C=O) groups is 4. The maximum atomic E-state index is 14.9. The Bertz CT molecular complexity index is 1340. The van der Waals surface area contributed by atoms with Gasteiger partial charge in [-0.3, -0.25) is 14.4 Å². The van der Waals surface area contributed by atoms with Crippen molar-refractivity contribution in [2.45, 2.75) is 93.3 Å². The minimum Gasteiger partial charge on any atom is -0.458 e. The van der Waals surface area contributed by atoms with Gasteiger partial charge in [-0.15, -0.1) is 0 Å². The predicted molar refractivity (Wildman–Crippen MR) is 122 cm³/mol. The zero-order valence-electron chi connectivity index (χ0n) is 21.5. The fourth-order valence-corrected chi connectivity index (χ4v) is 10.9. The molecule has 6 heterocycles. The lowest BCUT2D eigenvalue weighted by atomic mass is 9.46. The highest BCUT2D eigenvalue weighted by atomic mass is 16.8. The molecule has 38 heavy (non-hydrogen) atoms. The van der Waals surface area contributed by atoms with Crippen molar-refractivity contribution in [1.29, 1.82) is 0 Å². The molecular formula is C28H30O10. The molecule has 0 aromatic rings. The van der Waals surface area contributed by atoms with Crippen LogP contribution in [0.2, 0.25) is 0 Å². The van der Waals surface area contributed by atoms with Crippen LogP contribution in [0, 0.1) is 34.5 Å². The molecule has 10 nitrogen and oxygen atoms in total. The normalized spacial score (nSPS) is 64.1. The van der Waals surface area contributed by atoms with Crippen molar-refractivity contribution < 1.29 is 48.0 Å². The smallest absolute Gasteiger partial charge is 0.342 e. The van der Waals surface area contributed by atoms with Gasteiger partial charge in [-0.25, -0.2) is 4.79 Å². The van der Waals surface area contributed by atoms with Crippen LogP contribution in [-0.2, 0) is 42.9 Å². The van der Waals surface area contributed by atoms with Crippen molar-refractivity contribution in [3.63, 3.8) is 0 Å². The summed E-state index contributed by atoms with van der Waals surface area (Å²) < 4.78 is 31.5. The zero-order valence-corrected chi connectivity index (χ0v) is 21.5. The van der Waals surface area contributed by atoms with Crippen molar-refractivity contribution in [3.05, 3.63) is 12.2 Å². The number of carbonyl (C=O) groups excluding carboxylic acids is 4. The number of esters is 2. The summed E-state index contributed by atoms with van der Waals surface area (Å²) in [5.74, 6) is -6.56. The molecule has 6 aliphatic heterocycles. The van der Waals surface area contributed by atoms with Gasteiger partial charge in [0.1, 0.15) is 11.7 Å². The topological polar surface area (TPSA) is 138 Å². The van der Waals surface area contributed by atoms with Gasteiger partial charge in [-0.05, 0) is 63.4 Å². The molecule has 8 fully saturated rings. The lowest BCUT2D eigenvalue weighted by Crippen LogP contribution is -2.79. The van der Waals surface area contributed by atoms with Gasteiger partial charge in [-0.1, -0.05) is 13.0 Å². The number of ketones is 2. The number of fused-ring (bicyclic) bond motifs is 4. The van der Waals surface area contributed by atoms with Gasteiger partial charge in [-0.2, -0.15) is 0 Å². The lowest BCUT2D eigenvalue weighted by Gasteiger charge is -2.63. The first-order valence-corrected chi connectivity index (χ1v) is 13.8. The number of epoxide rings is 1. The molecule has 13 atom stereocenters. The van der Waals surface area contributed by atoms with Crippen LogP contribution >= 0.6 is 0 Å². The van der Waals surface area contributed by atoms with Crippen molar-refractivity contribution in [2.75, 3.05) is 6.61 Å². The summed E-state index contributed by atoms with van der Waals surface area (Å²) in [6.45, 7) is 5.27. The summed E-state index contributed by atoms with van der Waals surface area (Å²) >= 11 is 0. The summed E-state index contributed by atoms with van der Waals surface area (Å²) in [6.07, 6.45) is 3.82. The van der Waals surface area contributed by atoms with E-state index in [0.717, 1.165) is 0 Å². The summed E-state index contributed by atoms with van der Waals surface area (Å²) in [5.41, 5.74) is -8.23. The number of hydrogen-bond donors (Lipinski definition) is 1. The Morgan fingerprint density at radius 2 is 1.84 bits per heavy atom. The Kier molecular flexibility index (Phi) is 3.47. The molecule has 2 saturated carbocycles. The Morgan fingerprint density at radius 1 is 1.05 bits per heavy atom. The van der Waals surface area contributed by atoms with Crippen molar-refractivity contribution in [1.82, 2.24) is 0 Å². The van der Waals surface area contributed by atoms with Crippen LogP contribution in [0.5, 0.6) is 0 Å². The standard InChI is InChI=1S/C28H30O10/c1-22-10-17-24(3)28-18(22)19(30)27(38-28,34-11-14(22)20(31)35-17)13-9-16-26(36-16)7-4-5-15(29)23(26,2)12(13)6-8-25(28,33)21(32)37-24/h4-5,12-14,16-18,33H,6-11H2,1-3H3/t12-,13+,14-,16?,17+,18-,22+,23-,24-,25+,26?,27?,28-/m0/s1. The molecule has 3 spiro atoms. The molecule has 3 aliphatic carbocycles. The van der Waals surface area contributed by atoms with E-state index in [1.54, 1.807) is 13.0 Å². The second kappa shape index (κ2) is 5.82. The Labute approximate surface area is 218 Å². The molecule has 9 rings (SSSR count). The zero-order chi connectivity index (χ0) is 26.5. The van der Waals surface area contributed by atoms with E-state index in [1.807, 2.05) is 19.9 Å². The first-order chi connectivity index (χ1) is 17.9. The van der Waals surface area contributed by atoms with E-state index in [4.69, 9.17) is 23.7 Å². The van der Waals surface area contributed by atoms with Crippen LogP contribution < -0.4 is 0 Å². The highest BCUT2D eigenvalue weighted by Gasteiger charge is 2.94. The monoisotopic (exact) mass is 526 g/mol. The van der Waals surface area contributed by atoms with Crippen LogP contribution in [0.1, 0.15) is 52.9 Å². The van der Waals surface area contributed by atoms with Gasteiger partial charge < -0.3 is 28.8 Å². The van der Waals surface area contributed by atoms with Crippen molar-refractivity contribution in [2.24, 2.45) is 34.5 Å². The first kappa shape index (κ1) is 22.7. The fourth-order valence-electron chi connectivity index (χ4n) is 10.9.